The molecule has 0 amide bonds. The molecule has 2 aromatic heterocycles. The number of H-pyrrole nitrogens is 1. The van der Waals surface area contributed by atoms with E-state index in [-0.39, 0.29) is 12.0 Å². The third-order valence-corrected chi connectivity index (χ3v) is 5.30. The molecular weight excluding hydrogens is 376 g/mol. The summed E-state index contributed by atoms with van der Waals surface area (Å²) in [5, 5.41) is 6.50. The number of ether oxygens (including phenoxy) is 1. The number of aromatic amines is 1. The van der Waals surface area contributed by atoms with E-state index in [1.54, 1.807) is 13.3 Å². The molecule has 154 valence electrons. The van der Waals surface area contributed by atoms with Gasteiger partial charge in [0.2, 0.25) is 5.96 Å². The summed E-state index contributed by atoms with van der Waals surface area (Å²) >= 11 is 0. The molecule has 30 heavy (non-hydrogen) atoms. The molecule has 0 radical (unpaired) electrons. The number of hydrogen-bond acceptors (Lipinski definition) is 3. The van der Waals surface area contributed by atoms with Crippen LogP contribution in [0, 0.1) is 6.92 Å². The molecule has 2 aromatic carbocycles. The zero-order chi connectivity index (χ0) is 21.3. The Labute approximate surface area is 175 Å². The van der Waals surface area contributed by atoms with Crippen molar-refractivity contribution >= 4 is 34.0 Å². The highest BCUT2D eigenvalue weighted by molar-refractivity contribution is 5.99. The van der Waals surface area contributed by atoms with Crippen LogP contribution < -0.4 is 15.9 Å². The number of benzene rings is 2. The third kappa shape index (κ3) is 3.61. The van der Waals surface area contributed by atoms with Gasteiger partial charge in [-0.3, -0.25) is 0 Å². The normalized spacial score (nSPS) is 13.4. The van der Waals surface area contributed by atoms with Crippen molar-refractivity contribution in [2.45, 2.75) is 19.9 Å². The zero-order valence-electron chi connectivity index (χ0n) is 17.6. The fraction of sp³-hybridized carbons (Fsp3) is 0.217. The van der Waals surface area contributed by atoms with Gasteiger partial charge in [-0.2, -0.15) is 5.10 Å². The number of aliphatic imine (C=N–C) groups is 1. The maximum Gasteiger partial charge on any atom is 0.210 e. The Morgan fingerprint density at radius 1 is 1.23 bits per heavy atom. The SMILES string of the molecule is COc1ccc2[nH]c(C)c(C(C)N=C(N)N/N=C/c3cn(C)c4ccccc34)c2c1. The minimum Gasteiger partial charge on any atom is -0.497 e. The van der Waals surface area contributed by atoms with Crippen molar-refractivity contribution in [2.24, 2.45) is 22.9 Å². The Balaban J connectivity index is 1.54. The number of aryl methyl sites for hydroxylation is 2. The molecular formula is C23H26N6O. The van der Waals surface area contributed by atoms with Gasteiger partial charge in [-0.1, -0.05) is 18.2 Å². The molecule has 2 heterocycles. The average molecular weight is 403 g/mol. The Morgan fingerprint density at radius 2 is 2.03 bits per heavy atom. The summed E-state index contributed by atoms with van der Waals surface area (Å²) in [6.07, 6.45) is 3.80. The van der Waals surface area contributed by atoms with E-state index in [9.17, 15) is 0 Å². The van der Waals surface area contributed by atoms with Crippen molar-refractivity contribution in [2.75, 3.05) is 7.11 Å². The fourth-order valence-electron chi connectivity index (χ4n) is 3.94. The quantitative estimate of drug-likeness (QED) is 0.268. The maximum atomic E-state index is 6.10. The number of guanidine groups is 1. The molecule has 0 bridgehead atoms. The molecule has 0 spiro atoms. The summed E-state index contributed by atoms with van der Waals surface area (Å²) in [5.74, 6) is 1.07. The van der Waals surface area contributed by atoms with E-state index in [1.807, 2.05) is 57.4 Å². The Morgan fingerprint density at radius 3 is 2.83 bits per heavy atom. The number of methoxy groups -OCH3 is 1. The topological polar surface area (TPSA) is 92.7 Å². The van der Waals surface area contributed by atoms with Gasteiger partial charge < -0.3 is 20.0 Å². The van der Waals surface area contributed by atoms with E-state index in [1.165, 1.54) is 0 Å². The number of nitrogens with zero attached hydrogens (tertiary/aromatic N) is 3. The number of nitrogens with one attached hydrogen (secondary N) is 2. The van der Waals surface area contributed by atoms with Crippen LogP contribution in [0.3, 0.4) is 0 Å². The van der Waals surface area contributed by atoms with E-state index in [0.717, 1.165) is 44.4 Å². The van der Waals surface area contributed by atoms with Crippen molar-refractivity contribution in [1.29, 1.82) is 0 Å². The number of hydrogen-bond donors (Lipinski definition) is 3. The van der Waals surface area contributed by atoms with Gasteiger partial charge in [0.25, 0.3) is 0 Å². The number of rotatable bonds is 5. The van der Waals surface area contributed by atoms with Crippen LogP contribution in [0.5, 0.6) is 5.75 Å². The molecule has 0 aliphatic carbocycles. The highest BCUT2D eigenvalue weighted by Crippen LogP contribution is 2.32. The smallest absolute Gasteiger partial charge is 0.210 e. The molecule has 0 saturated heterocycles. The first-order chi connectivity index (χ1) is 14.5. The molecule has 4 N–H and O–H groups in total. The van der Waals surface area contributed by atoms with Crippen LogP contribution in [0.1, 0.15) is 29.8 Å². The molecule has 0 fully saturated rings. The molecule has 0 aliphatic heterocycles. The molecule has 1 atom stereocenters. The highest BCUT2D eigenvalue weighted by atomic mass is 16.5. The van der Waals surface area contributed by atoms with E-state index in [2.05, 4.69) is 37.2 Å². The van der Waals surface area contributed by atoms with Crippen LogP contribution in [-0.2, 0) is 7.05 Å². The van der Waals surface area contributed by atoms with Crippen molar-refractivity contribution < 1.29 is 4.74 Å². The first-order valence-corrected chi connectivity index (χ1v) is 9.80. The third-order valence-electron chi connectivity index (χ3n) is 5.30. The first-order valence-electron chi connectivity index (χ1n) is 9.80. The fourth-order valence-corrected chi connectivity index (χ4v) is 3.94. The van der Waals surface area contributed by atoms with Gasteiger partial charge in [0, 0.05) is 51.9 Å². The second kappa shape index (κ2) is 7.94. The monoisotopic (exact) mass is 402 g/mol. The largest absolute Gasteiger partial charge is 0.497 e. The summed E-state index contributed by atoms with van der Waals surface area (Å²) in [6.45, 7) is 4.05. The number of nitrogens with two attached hydrogens (primary N) is 1. The van der Waals surface area contributed by atoms with Crippen LogP contribution in [-0.4, -0.2) is 28.8 Å². The predicted molar refractivity (Wildman–Crippen MR) is 123 cm³/mol. The minimum absolute atomic E-state index is 0.147. The first kappa shape index (κ1) is 19.6. The van der Waals surface area contributed by atoms with Crippen LogP contribution in [0.4, 0.5) is 0 Å². The number of aromatic nitrogens is 2. The maximum absolute atomic E-state index is 6.10. The van der Waals surface area contributed by atoms with Crippen LogP contribution in [0.25, 0.3) is 21.8 Å². The van der Waals surface area contributed by atoms with E-state index in [0.29, 0.717) is 0 Å². The number of hydrazone groups is 1. The summed E-state index contributed by atoms with van der Waals surface area (Å²) in [5.41, 5.74) is 14.3. The molecule has 4 rings (SSSR count). The Bertz CT molecular complexity index is 1260. The minimum atomic E-state index is -0.147. The van der Waals surface area contributed by atoms with Crippen molar-refractivity contribution in [3.63, 3.8) is 0 Å². The standard InChI is InChI=1S/C23H26N6O/c1-14-22(19-11-17(30-4)9-10-20(19)26-14)15(2)27-23(24)28-25-12-16-13-29(3)21-8-6-5-7-18(16)21/h5-13,15,26H,1-4H3,(H3,24,27,28)/b25-12+. The molecule has 0 saturated carbocycles. The highest BCUT2D eigenvalue weighted by Gasteiger charge is 2.15. The second-order valence-electron chi connectivity index (χ2n) is 7.35. The lowest BCUT2D eigenvalue weighted by molar-refractivity contribution is 0.415. The lowest BCUT2D eigenvalue weighted by Gasteiger charge is -2.09. The molecule has 4 aromatic rings. The Kier molecular flexibility index (Phi) is 5.18. The van der Waals surface area contributed by atoms with E-state index < -0.39 is 0 Å². The van der Waals surface area contributed by atoms with E-state index >= 15 is 0 Å². The summed E-state index contributed by atoms with van der Waals surface area (Å²) in [7, 11) is 3.68. The van der Waals surface area contributed by atoms with Gasteiger partial charge in [-0.15, -0.1) is 0 Å². The number of fused-ring (bicyclic) bond motifs is 2. The molecule has 0 aliphatic rings. The van der Waals surface area contributed by atoms with Gasteiger partial charge in [0.05, 0.1) is 19.4 Å². The van der Waals surface area contributed by atoms with Gasteiger partial charge in [-0.25, -0.2) is 10.4 Å². The van der Waals surface area contributed by atoms with Gasteiger partial charge in [-0.05, 0) is 38.1 Å². The zero-order valence-corrected chi connectivity index (χ0v) is 17.6. The molecule has 7 nitrogen and oxygen atoms in total. The van der Waals surface area contributed by atoms with Crippen molar-refractivity contribution in [3.05, 3.63) is 65.5 Å². The summed E-state index contributed by atoms with van der Waals surface area (Å²) in [6, 6.07) is 14.0. The van der Waals surface area contributed by atoms with Crippen LogP contribution >= 0.6 is 0 Å². The van der Waals surface area contributed by atoms with Crippen molar-refractivity contribution in [3.8, 4) is 5.75 Å². The number of para-hydroxylation sites is 1. The summed E-state index contributed by atoms with van der Waals surface area (Å²) < 4.78 is 7.44. The Hall–Kier alpha value is -3.74. The van der Waals surface area contributed by atoms with Crippen LogP contribution in [0.2, 0.25) is 0 Å². The predicted octanol–water partition coefficient (Wildman–Crippen LogP) is 3.98. The average Bonchev–Trinajstić information content (AvgIpc) is 3.23. The molecule has 1 unspecified atom stereocenters. The second-order valence-corrected chi connectivity index (χ2v) is 7.35. The van der Waals surface area contributed by atoms with Gasteiger partial charge in [0.1, 0.15) is 5.75 Å². The van der Waals surface area contributed by atoms with Crippen molar-refractivity contribution in [1.82, 2.24) is 15.0 Å². The molecule has 7 heteroatoms. The summed E-state index contributed by atoms with van der Waals surface area (Å²) in [4.78, 5) is 7.99. The van der Waals surface area contributed by atoms with E-state index in [4.69, 9.17) is 10.5 Å². The van der Waals surface area contributed by atoms with Gasteiger partial charge >= 0.3 is 0 Å². The van der Waals surface area contributed by atoms with Gasteiger partial charge in [0.15, 0.2) is 0 Å². The lowest BCUT2D eigenvalue weighted by atomic mass is 10.0. The lowest BCUT2D eigenvalue weighted by Crippen LogP contribution is -2.27. The van der Waals surface area contributed by atoms with Crippen LogP contribution in [0.15, 0.2) is 58.8 Å².